The number of carbonyl (C=O) groups is 1. The lowest BCUT2D eigenvalue weighted by molar-refractivity contribution is -0.211. The molecular formula is C26H26BrF3N4O6. The fourth-order valence-electron chi connectivity index (χ4n) is 5.13. The summed E-state index contributed by atoms with van der Waals surface area (Å²) in [5.74, 6) is -5.04. The highest BCUT2D eigenvalue weighted by Crippen LogP contribution is 2.37. The Bertz CT molecular complexity index is 1370. The molecule has 1 aromatic heterocycles. The SMILES string of the molecule is COC1C(C(=O)N(c2cccc(Br)c2)[C@@H]2CC[C@H]2O)OC(CO)C(O)C1n1cc(-c2cc(F)c(F)c(F)c2)nn1. The first kappa shape index (κ1) is 28.6. The van der Waals surface area contributed by atoms with Crippen molar-refractivity contribution in [3.8, 4) is 11.3 Å². The number of anilines is 1. The average Bonchev–Trinajstić information content (AvgIpc) is 3.42. The van der Waals surface area contributed by atoms with Crippen LogP contribution in [0, 0.1) is 17.5 Å². The van der Waals surface area contributed by atoms with Gasteiger partial charge in [0.05, 0.1) is 24.9 Å². The maximum atomic E-state index is 14.1. The molecule has 214 valence electrons. The number of aliphatic hydroxyl groups is 3. The molecule has 40 heavy (non-hydrogen) atoms. The summed E-state index contributed by atoms with van der Waals surface area (Å²) >= 11 is 3.40. The molecule has 2 aromatic carbocycles. The third-order valence-corrected chi connectivity index (χ3v) is 7.83. The highest BCUT2D eigenvalue weighted by atomic mass is 79.9. The minimum Gasteiger partial charge on any atom is -0.394 e. The summed E-state index contributed by atoms with van der Waals surface area (Å²) in [5.41, 5.74) is 0.348. The lowest BCUT2D eigenvalue weighted by Crippen LogP contribution is -2.64. The average molecular weight is 627 g/mol. The number of rotatable bonds is 7. The normalized spacial score (nSPS) is 28.2. The fourth-order valence-corrected chi connectivity index (χ4v) is 5.52. The summed E-state index contributed by atoms with van der Waals surface area (Å²) in [6.45, 7) is -0.656. The van der Waals surface area contributed by atoms with Crippen molar-refractivity contribution in [2.75, 3.05) is 18.6 Å². The van der Waals surface area contributed by atoms with Crippen molar-refractivity contribution in [2.45, 2.75) is 55.4 Å². The minimum atomic E-state index is -1.63. The lowest BCUT2D eigenvalue weighted by atomic mass is 9.85. The summed E-state index contributed by atoms with van der Waals surface area (Å²) < 4.78 is 54.5. The molecule has 7 atom stereocenters. The van der Waals surface area contributed by atoms with E-state index in [1.807, 2.05) is 0 Å². The number of halogens is 4. The van der Waals surface area contributed by atoms with Gasteiger partial charge in [-0.2, -0.15) is 0 Å². The summed E-state index contributed by atoms with van der Waals surface area (Å²) in [4.78, 5) is 15.5. The molecule has 1 aliphatic heterocycles. The number of amides is 1. The second-order valence-corrected chi connectivity index (χ2v) is 10.6. The number of carbonyl (C=O) groups excluding carboxylic acids is 1. The van der Waals surface area contributed by atoms with Gasteiger partial charge < -0.3 is 29.7 Å². The molecule has 2 aliphatic rings. The lowest BCUT2D eigenvalue weighted by Gasteiger charge is -2.47. The molecule has 0 bridgehead atoms. The molecule has 10 nitrogen and oxygen atoms in total. The van der Waals surface area contributed by atoms with Gasteiger partial charge in [-0.1, -0.05) is 27.2 Å². The van der Waals surface area contributed by atoms with E-state index in [-0.39, 0.29) is 11.3 Å². The van der Waals surface area contributed by atoms with Crippen LogP contribution in [0.1, 0.15) is 18.9 Å². The van der Waals surface area contributed by atoms with E-state index in [1.54, 1.807) is 24.3 Å². The van der Waals surface area contributed by atoms with Crippen molar-refractivity contribution < 1.29 is 42.8 Å². The van der Waals surface area contributed by atoms with E-state index in [4.69, 9.17) is 9.47 Å². The zero-order valence-corrected chi connectivity index (χ0v) is 22.7. The Labute approximate surface area is 235 Å². The summed E-state index contributed by atoms with van der Waals surface area (Å²) in [7, 11) is 1.30. The first-order valence-electron chi connectivity index (χ1n) is 12.4. The van der Waals surface area contributed by atoms with Crippen molar-refractivity contribution in [2.24, 2.45) is 0 Å². The Morgan fingerprint density at radius 3 is 2.50 bits per heavy atom. The maximum Gasteiger partial charge on any atom is 0.259 e. The van der Waals surface area contributed by atoms with Gasteiger partial charge in [0, 0.05) is 22.8 Å². The van der Waals surface area contributed by atoms with E-state index in [2.05, 4.69) is 26.2 Å². The van der Waals surface area contributed by atoms with Gasteiger partial charge in [0.1, 0.15) is 30.0 Å². The zero-order valence-electron chi connectivity index (χ0n) is 21.1. The van der Waals surface area contributed by atoms with E-state index >= 15 is 0 Å². The van der Waals surface area contributed by atoms with E-state index in [1.165, 1.54) is 18.2 Å². The van der Waals surface area contributed by atoms with Crippen molar-refractivity contribution in [3.63, 3.8) is 0 Å². The number of aromatic nitrogens is 3. The fraction of sp³-hybridized carbons (Fsp3) is 0.423. The summed E-state index contributed by atoms with van der Waals surface area (Å²) in [6.07, 6.45) is -3.68. The number of aliphatic hydroxyl groups excluding tert-OH is 3. The van der Waals surface area contributed by atoms with Crippen LogP contribution in [0.25, 0.3) is 11.3 Å². The molecule has 1 saturated heterocycles. The molecule has 0 radical (unpaired) electrons. The van der Waals surface area contributed by atoms with Crippen LogP contribution in [-0.2, 0) is 14.3 Å². The van der Waals surface area contributed by atoms with Gasteiger partial charge in [0.25, 0.3) is 5.91 Å². The van der Waals surface area contributed by atoms with Gasteiger partial charge >= 0.3 is 0 Å². The predicted molar refractivity (Wildman–Crippen MR) is 138 cm³/mol. The standard InChI is InChI=1S/C26H26BrF3N4O6/c1-39-24-22(33-10-17(31-32-33)12-7-15(28)21(30)16(29)8-12)23(37)20(11-35)40-25(24)26(38)34(18-5-6-19(18)36)14-4-2-3-13(27)9-14/h2-4,7-10,18-20,22-25,35-37H,5-6,11H2,1H3/t18-,19-,20?,22?,23?,24?,25?/m1/s1. The number of methoxy groups -OCH3 is 1. The van der Waals surface area contributed by atoms with Crippen LogP contribution in [0.15, 0.2) is 47.1 Å². The largest absolute Gasteiger partial charge is 0.394 e. The molecule has 3 aromatic rings. The number of ether oxygens (including phenoxy) is 2. The topological polar surface area (TPSA) is 130 Å². The van der Waals surface area contributed by atoms with E-state index < -0.39 is 72.6 Å². The Morgan fingerprint density at radius 1 is 1.20 bits per heavy atom. The first-order chi connectivity index (χ1) is 19.1. The highest BCUT2D eigenvalue weighted by molar-refractivity contribution is 9.10. The zero-order chi connectivity index (χ0) is 28.7. The van der Waals surface area contributed by atoms with Gasteiger partial charge in [-0.05, 0) is 43.2 Å². The number of nitrogens with zero attached hydrogens (tertiary/aromatic N) is 4. The first-order valence-corrected chi connectivity index (χ1v) is 13.2. The van der Waals surface area contributed by atoms with Gasteiger partial charge in [0.2, 0.25) is 0 Å². The van der Waals surface area contributed by atoms with Crippen LogP contribution < -0.4 is 4.90 Å². The van der Waals surface area contributed by atoms with Crippen LogP contribution in [0.5, 0.6) is 0 Å². The van der Waals surface area contributed by atoms with Gasteiger partial charge in [-0.25, -0.2) is 17.9 Å². The second kappa shape index (κ2) is 11.5. The van der Waals surface area contributed by atoms with Crippen molar-refractivity contribution in [3.05, 3.63) is 64.5 Å². The van der Waals surface area contributed by atoms with Crippen LogP contribution in [-0.4, -0.2) is 86.5 Å². The van der Waals surface area contributed by atoms with Crippen molar-refractivity contribution in [1.29, 1.82) is 0 Å². The number of hydrogen-bond donors (Lipinski definition) is 3. The molecule has 2 fully saturated rings. The Hall–Kier alpha value is -2.88. The molecule has 5 rings (SSSR count). The van der Waals surface area contributed by atoms with Gasteiger partial charge in [-0.15, -0.1) is 5.10 Å². The molecule has 3 N–H and O–H groups in total. The molecule has 1 saturated carbocycles. The summed E-state index contributed by atoms with van der Waals surface area (Å²) in [6, 6.07) is 6.77. The van der Waals surface area contributed by atoms with Crippen LogP contribution in [0.3, 0.4) is 0 Å². The molecule has 1 amide bonds. The van der Waals surface area contributed by atoms with Crippen LogP contribution in [0.4, 0.5) is 18.9 Å². The second-order valence-electron chi connectivity index (χ2n) is 9.70. The Morgan fingerprint density at radius 2 is 1.93 bits per heavy atom. The molecule has 1 aliphatic carbocycles. The van der Waals surface area contributed by atoms with E-state index in [9.17, 15) is 33.3 Å². The quantitative estimate of drug-likeness (QED) is 0.341. The Kier molecular flexibility index (Phi) is 8.27. The van der Waals surface area contributed by atoms with E-state index in [0.717, 1.165) is 16.8 Å². The molecule has 14 heteroatoms. The maximum absolute atomic E-state index is 14.1. The van der Waals surface area contributed by atoms with Gasteiger partial charge in [0.15, 0.2) is 23.6 Å². The molecule has 5 unspecified atom stereocenters. The molecular weight excluding hydrogens is 601 g/mol. The van der Waals surface area contributed by atoms with E-state index in [0.29, 0.717) is 23.0 Å². The third kappa shape index (κ3) is 5.15. The van der Waals surface area contributed by atoms with Crippen LogP contribution >= 0.6 is 15.9 Å². The summed E-state index contributed by atoms with van der Waals surface area (Å²) in [5, 5.41) is 39.4. The molecule has 0 spiro atoms. The number of benzene rings is 2. The van der Waals surface area contributed by atoms with Gasteiger partial charge in [-0.3, -0.25) is 4.79 Å². The molecule has 2 heterocycles. The van der Waals surface area contributed by atoms with Crippen molar-refractivity contribution in [1.82, 2.24) is 15.0 Å². The monoisotopic (exact) mass is 626 g/mol. The van der Waals surface area contributed by atoms with Crippen molar-refractivity contribution >= 4 is 27.5 Å². The number of hydrogen-bond acceptors (Lipinski definition) is 8. The Balaban J connectivity index is 1.52. The minimum absolute atomic E-state index is 0.0388. The predicted octanol–water partition coefficient (Wildman–Crippen LogP) is 2.36. The highest BCUT2D eigenvalue weighted by Gasteiger charge is 2.52. The third-order valence-electron chi connectivity index (χ3n) is 7.34. The van der Waals surface area contributed by atoms with Crippen LogP contribution in [0.2, 0.25) is 0 Å². The smallest absolute Gasteiger partial charge is 0.259 e.